The average molecular weight is 415 g/mol. The van der Waals surface area contributed by atoms with Crippen molar-refractivity contribution in [3.8, 4) is 11.5 Å². The highest BCUT2D eigenvalue weighted by molar-refractivity contribution is 6.39. The van der Waals surface area contributed by atoms with Crippen LogP contribution >= 0.6 is 11.6 Å². The number of ether oxygens (including phenoxy) is 1. The van der Waals surface area contributed by atoms with Gasteiger partial charge in [0.2, 0.25) is 0 Å². The molecule has 0 unspecified atom stereocenters. The Morgan fingerprint density at radius 3 is 2.45 bits per heavy atom. The second-order valence-electron chi connectivity index (χ2n) is 6.26. The van der Waals surface area contributed by atoms with E-state index in [0.29, 0.717) is 17.9 Å². The molecule has 2 aromatic rings. The fraction of sp³-hybridized carbons (Fsp3) is 0.190. The van der Waals surface area contributed by atoms with Crippen LogP contribution in [0.4, 0.5) is 10.5 Å². The molecule has 8 heteroatoms. The smallest absolute Gasteiger partial charge is 0.335 e. The Labute approximate surface area is 172 Å². The summed E-state index contributed by atoms with van der Waals surface area (Å²) < 4.78 is 5.32. The van der Waals surface area contributed by atoms with Gasteiger partial charge in [-0.25, -0.2) is 9.69 Å². The summed E-state index contributed by atoms with van der Waals surface area (Å²) in [4.78, 5) is 38.4. The number of hydrogen-bond acceptors (Lipinski definition) is 5. The number of halogens is 1. The van der Waals surface area contributed by atoms with Crippen molar-refractivity contribution in [1.82, 2.24) is 5.32 Å². The molecule has 0 spiro atoms. The summed E-state index contributed by atoms with van der Waals surface area (Å²) in [6.07, 6.45) is 2.11. The number of rotatable bonds is 5. The van der Waals surface area contributed by atoms with Gasteiger partial charge in [0.25, 0.3) is 11.8 Å². The van der Waals surface area contributed by atoms with Gasteiger partial charge in [0, 0.05) is 0 Å². The van der Waals surface area contributed by atoms with E-state index in [1.54, 1.807) is 19.1 Å². The maximum Gasteiger partial charge on any atom is 0.335 e. The Bertz CT molecular complexity index is 1010. The maximum absolute atomic E-state index is 12.9. The van der Waals surface area contributed by atoms with Gasteiger partial charge in [0.05, 0.1) is 17.3 Å². The standard InChI is InChI=1S/C21H19ClN2O5/c1-3-12-5-7-14(8-6-12)24-20(27)15(19(26)23-21(24)28)9-13-10-16(22)18(25)17(11-13)29-4-2/h5-11,25H,3-4H2,1-2H3,(H,23,26,28)/b15-9-. The monoisotopic (exact) mass is 414 g/mol. The van der Waals surface area contributed by atoms with Gasteiger partial charge in [-0.1, -0.05) is 30.7 Å². The highest BCUT2D eigenvalue weighted by Gasteiger charge is 2.36. The number of amides is 4. The number of imide groups is 2. The van der Waals surface area contributed by atoms with E-state index in [-0.39, 0.29) is 22.1 Å². The first kappa shape index (κ1) is 20.4. The number of carbonyl (C=O) groups is 3. The van der Waals surface area contributed by atoms with E-state index in [0.717, 1.165) is 16.9 Å². The van der Waals surface area contributed by atoms with Crippen LogP contribution in [0.3, 0.4) is 0 Å². The van der Waals surface area contributed by atoms with Crippen molar-refractivity contribution >= 4 is 41.2 Å². The summed E-state index contributed by atoms with van der Waals surface area (Å²) in [5.41, 5.74) is 1.52. The van der Waals surface area contributed by atoms with E-state index in [4.69, 9.17) is 16.3 Å². The van der Waals surface area contributed by atoms with Crippen LogP contribution in [0.5, 0.6) is 11.5 Å². The third-order valence-electron chi connectivity index (χ3n) is 4.37. The Morgan fingerprint density at radius 2 is 1.83 bits per heavy atom. The van der Waals surface area contributed by atoms with Crippen LogP contribution < -0.4 is 15.0 Å². The van der Waals surface area contributed by atoms with Gasteiger partial charge in [0.15, 0.2) is 11.5 Å². The molecule has 1 saturated heterocycles. The zero-order valence-corrected chi connectivity index (χ0v) is 16.6. The van der Waals surface area contributed by atoms with Crippen molar-refractivity contribution in [3.63, 3.8) is 0 Å². The van der Waals surface area contributed by atoms with Gasteiger partial charge in [-0.2, -0.15) is 0 Å². The second kappa shape index (κ2) is 8.36. The van der Waals surface area contributed by atoms with Crippen molar-refractivity contribution in [3.05, 3.63) is 58.1 Å². The molecule has 7 nitrogen and oxygen atoms in total. The molecule has 29 heavy (non-hydrogen) atoms. The minimum atomic E-state index is -0.819. The van der Waals surface area contributed by atoms with E-state index in [2.05, 4.69) is 5.32 Å². The van der Waals surface area contributed by atoms with E-state index in [1.165, 1.54) is 18.2 Å². The van der Waals surface area contributed by atoms with Crippen molar-refractivity contribution in [2.24, 2.45) is 0 Å². The van der Waals surface area contributed by atoms with Crippen LogP contribution in [0.15, 0.2) is 42.0 Å². The Morgan fingerprint density at radius 1 is 1.14 bits per heavy atom. The summed E-state index contributed by atoms with van der Waals surface area (Å²) in [6, 6.07) is 8.94. The number of hydrogen-bond donors (Lipinski definition) is 2. The quantitative estimate of drug-likeness (QED) is 0.574. The van der Waals surface area contributed by atoms with Crippen LogP contribution in [-0.2, 0) is 16.0 Å². The highest BCUT2D eigenvalue weighted by Crippen LogP contribution is 2.36. The SMILES string of the molecule is CCOc1cc(/C=C2/C(=O)NC(=O)N(c3ccc(CC)cc3)C2=O)cc(Cl)c1O. The number of phenols is 1. The molecule has 0 radical (unpaired) electrons. The summed E-state index contributed by atoms with van der Waals surface area (Å²) >= 11 is 6.01. The molecule has 1 heterocycles. The minimum Gasteiger partial charge on any atom is -0.503 e. The van der Waals surface area contributed by atoms with Gasteiger partial charge < -0.3 is 9.84 Å². The molecule has 2 N–H and O–H groups in total. The zero-order chi connectivity index (χ0) is 21.1. The van der Waals surface area contributed by atoms with Crippen molar-refractivity contribution in [1.29, 1.82) is 0 Å². The fourth-order valence-corrected chi connectivity index (χ4v) is 3.10. The lowest BCUT2D eigenvalue weighted by Crippen LogP contribution is -2.54. The number of phenolic OH excluding ortho intramolecular Hbond substituents is 1. The molecule has 150 valence electrons. The van der Waals surface area contributed by atoms with Crippen LogP contribution in [0.2, 0.25) is 5.02 Å². The van der Waals surface area contributed by atoms with E-state index < -0.39 is 17.8 Å². The lowest BCUT2D eigenvalue weighted by atomic mass is 10.1. The predicted octanol–water partition coefficient (Wildman–Crippen LogP) is 3.67. The molecule has 1 aliphatic heterocycles. The molecular formula is C21H19ClN2O5. The molecule has 4 amide bonds. The van der Waals surface area contributed by atoms with Crippen molar-refractivity contribution < 1.29 is 24.2 Å². The normalized spacial score (nSPS) is 15.6. The molecule has 0 bridgehead atoms. The zero-order valence-electron chi connectivity index (χ0n) is 15.9. The molecular weight excluding hydrogens is 396 g/mol. The first-order valence-electron chi connectivity index (χ1n) is 9.01. The van der Waals surface area contributed by atoms with Crippen LogP contribution in [0.1, 0.15) is 25.0 Å². The number of barbiturate groups is 1. The average Bonchev–Trinajstić information content (AvgIpc) is 2.69. The Balaban J connectivity index is 2.01. The van der Waals surface area contributed by atoms with E-state index in [1.807, 2.05) is 19.1 Å². The van der Waals surface area contributed by atoms with E-state index >= 15 is 0 Å². The lowest BCUT2D eigenvalue weighted by Gasteiger charge is -2.26. The Kier molecular flexibility index (Phi) is 5.89. The minimum absolute atomic E-state index is 0.00885. The predicted molar refractivity (Wildman–Crippen MR) is 109 cm³/mol. The number of nitrogens with one attached hydrogen (secondary N) is 1. The third kappa shape index (κ3) is 4.09. The van der Waals surface area contributed by atoms with Crippen LogP contribution in [0.25, 0.3) is 6.08 Å². The molecule has 1 aliphatic rings. The largest absolute Gasteiger partial charge is 0.503 e. The summed E-state index contributed by atoms with van der Waals surface area (Å²) in [5.74, 6) is -1.68. The van der Waals surface area contributed by atoms with Gasteiger partial charge in [-0.15, -0.1) is 0 Å². The number of benzene rings is 2. The summed E-state index contributed by atoms with van der Waals surface area (Å²) in [5, 5.41) is 12.1. The van der Waals surface area contributed by atoms with Crippen molar-refractivity contribution in [2.75, 3.05) is 11.5 Å². The van der Waals surface area contributed by atoms with Crippen LogP contribution in [-0.4, -0.2) is 29.6 Å². The van der Waals surface area contributed by atoms with Gasteiger partial charge in [0.1, 0.15) is 5.57 Å². The van der Waals surface area contributed by atoms with Gasteiger partial charge in [-0.3, -0.25) is 14.9 Å². The highest BCUT2D eigenvalue weighted by atomic mass is 35.5. The number of anilines is 1. The molecule has 0 saturated carbocycles. The first-order valence-corrected chi connectivity index (χ1v) is 9.39. The van der Waals surface area contributed by atoms with E-state index in [9.17, 15) is 19.5 Å². The second-order valence-corrected chi connectivity index (χ2v) is 6.67. The first-order chi connectivity index (χ1) is 13.8. The van der Waals surface area contributed by atoms with Gasteiger partial charge in [-0.05, 0) is 54.8 Å². The molecule has 2 aromatic carbocycles. The topological polar surface area (TPSA) is 95.9 Å². The molecule has 0 atom stereocenters. The van der Waals surface area contributed by atoms with Crippen LogP contribution in [0, 0.1) is 0 Å². The Hall–Kier alpha value is -3.32. The number of carbonyl (C=O) groups excluding carboxylic acids is 3. The molecule has 0 aliphatic carbocycles. The lowest BCUT2D eigenvalue weighted by molar-refractivity contribution is -0.122. The molecule has 1 fully saturated rings. The van der Waals surface area contributed by atoms with Crippen molar-refractivity contribution in [2.45, 2.75) is 20.3 Å². The molecule has 3 rings (SSSR count). The number of aromatic hydroxyl groups is 1. The maximum atomic E-state index is 12.9. The number of urea groups is 1. The molecule has 0 aromatic heterocycles. The van der Waals surface area contributed by atoms with Gasteiger partial charge >= 0.3 is 6.03 Å². The summed E-state index contributed by atoms with van der Waals surface area (Å²) in [7, 11) is 0. The fourth-order valence-electron chi connectivity index (χ4n) is 2.88. The third-order valence-corrected chi connectivity index (χ3v) is 4.65. The number of nitrogens with zero attached hydrogens (tertiary/aromatic N) is 1. The summed E-state index contributed by atoms with van der Waals surface area (Å²) in [6.45, 7) is 4.02. The number of aryl methyl sites for hydroxylation is 1.